The number of carbonyl (C=O) groups is 2. The molecule has 0 bridgehead atoms. The molecule has 0 saturated carbocycles. The second-order valence-corrected chi connectivity index (χ2v) is 4.05. The Morgan fingerprint density at radius 2 is 2.00 bits per heavy atom. The number of aromatic nitrogens is 1. The number of nitrogens with one attached hydrogen (secondary N) is 1. The highest BCUT2D eigenvalue weighted by atomic mass is 16.3. The second kappa shape index (κ2) is 3.82. The number of carbonyl (C=O) groups excluding carboxylic acids is 2. The Kier molecular flexibility index (Phi) is 2.28. The van der Waals surface area contributed by atoms with Gasteiger partial charge in [0.1, 0.15) is 6.73 Å². The number of rotatable bonds is 2. The molecule has 5 nitrogen and oxygen atoms in total. The summed E-state index contributed by atoms with van der Waals surface area (Å²) in [5.41, 5.74) is 1.81. The molecule has 0 atom stereocenters. The van der Waals surface area contributed by atoms with Crippen molar-refractivity contribution in [2.75, 3.05) is 0 Å². The Hall–Kier alpha value is -2.40. The summed E-state index contributed by atoms with van der Waals surface area (Å²) in [6.07, 6.45) is 2.96. The molecule has 0 radical (unpaired) electrons. The summed E-state index contributed by atoms with van der Waals surface area (Å²) in [5, 5.41) is 12.3. The fraction of sp³-hybridized carbons (Fsp3) is 0.0769. The number of benzene rings is 1. The molecular formula is C13H10N2O3. The molecule has 1 aliphatic heterocycles. The Morgan fingerprint density at radius 1 is 1.22 bits per heavy atom. The number of amides is 2. The van der Waals surface area contributed by atoms with E-state index >= 15 is 0 Å². The second-order valence-electron chi connectivity index (χ2n) is 4.05. The molecule has 1 aromatic carbocycles. The number of nitrogens with zero attached hydrogens (tertiary/aromatic N) is 1. The van der Waals surface area contributed by atoms with Gasteiger partial charge in [0.05, 0.1) is 11.1 Å². The number of imide groups is 1. The van der Waals surface area contributed by atoms with Gasteiger partial charge in [-0.05, 0) is 6.07 Å². The summed E-state index contributed by atoms with van der Waals surface area (Å²) in [4.78, 5) is 22.8. The molecule has 0 fully saturated rings. The molecule has 1 aliphatic rings. The van der Waals surface area contributed by atoms with Gasteiger partial charge in [-0.15, -0.1) is 0 Å². The molecule has 90 valence electrons. The van der Waals surface area contributed by atoms with Crippen molar-refractivity contribution in [3.8, 4) is 0 Å². The van der Waals surface area contributed by atoms with Crippen LogP contribution in [0, 0.1) is 0 Å². The lowest BCUT2D eigenvalue weighted by molar-refractivity contribution is -0.123. The van der Waals surface area contributed by atoms with Crippen LogP contribution >= 0.6 is 0 Å². The van der Waals surface area contributed by atoms with E-state index in [9.17, 15) is 14.7 Å². The Morgan fingerprint density at radius 3 is 2.67 bits per heavy atom. The summed E-state index contributed by atoms with van der Waals surface area (Å²) in [6.45, 7) is -0.177. The van der Waals surface area contributed by atoms with E-state index in [4.69, 9.17) is 0 Å². The van der Waals surface area contributed by atoms with Gasteiger partial charge >= 0.3 is 0 Å². The minimum Gasteiger partial charge on any atom is -0.376 e. The van der Waals surface area contributed by atoms with E-state index in [1.54, 1.807) is 10.8 Å². The highest BCUT2D eigenvalue weighted by molar-refractivity contribution is 6.35. The molecule has 2 heterocycles. The SMILES string of the molecule is O=C1C=C(c2cn(CO)c3ccccc23)C(=O)N1. The van der Waals surface area contributed by atoms with Crippen LogP contribution in [0.2, 0.25) is 0 Å². The van der Waals surface area contributed by atoms with Crippen molar-refractivity contribution in [2.45, 2.75) is 6.73 Å². The summed E-state index contributed by atoms with van der Waals surface area (Å²) in [7, 11) is 0. The zero-order valence-electron chi connectivity index (χ0n) is 9.38. The first-order valence-electron chi connectivity index (χ1n) is 5.47. The molecule has 0 aliphatic carbocycles. The van der Waals surface area contributed by atoms with E-state index in [0.29, 0.717) is 11.1 Å². The predicted molar refractivity (Wildman–Crippen MR) is 65.3 cm³/mol. The lowest BCUT2D eigenvalue weighted by atomic mass is 10.1. The zero-order valence-corrected chi connectivity index (χ0v) is 9.38. The minimum atomic E-state index is -0.407. The molecule has 0 spiro atoms. The lowest BCUT2D eigenvalue weighted by Gasteiger charge is -1.97. The number of hydrogen-bond donors (Lipinski definition) is 2. The molecule has 2 amide bonds. The Labute approximate surface area is 102 Å². The van der Waals surface area contributed by atoms with Crippen LogP contribution in [0.5, 0.6) is 0 Å². The minimum absolute atomic E-state index is 0.177. The Balaban J connectivity index is 2.27. The third-order valence-electron chi connectivity index (χ3n) is 2.99. The number of aliphatic hydroxyl groups excluding tert-OH is 1. The van der Waals surface area contributed by atoms with Crippen molar-refractivity contribution >= 4 is 28.3 Å². The zero-order chi connectivity index (χ0) is 12.7. The largest absolute Gasteiger partial charge is 0.376 e. The van der Waals surface area contributed by atoms with Crippen molar-refractivity contribution in [2.24, 2.45) is 0 Å². The van der Waals surface area contributed by atoms with Crippen LogP contribution in [0.3, 0.4) is 0 Å². The average Bonchev–Trinajstić information content (AvgIpc) is 2.89. The Bertz CT molecular complexity index is 697. The quantitative estimate of drug-likeness (QED) is 0.759. The maximum Gasteiger partial charge on any atom is 0.258 e. The molecule has 2 aromatic rings. The standard InChI is InChI=1S/C13H10N2O3/c16-7-15-6-10(8-3-1-2-4-11(8)15)9-5-12(17)14-13(9)18/h1-6,16H,7H2,(H,14,17,18). The topological polar surface area (TPSA) is 71.3 Å². The molecule has 1 aromatic heterocycles. The van der Waals surface area contributed by atoms with Gasteiger partial charge in [-0.25, -0.2) is 0 Å². The fourth-order valence-electron chi connectivity index (χ4n) is 2.19. The first-order chi connectivity index (χ1) is 8.70. The van der Waals surface area contributed by atoms with Crippen LogP contribution in [-0.2, 0) is 16.3 Å². The number of hydrogen-bond acceptors (Lipinski definition) is 3. The molecular weight excluding hydrogens is 232 g/mol. The smallest absolute Gasteiger partial charge is 0.258 e. The normalized spacial score (nSPS) is 15.1. The number of fused-ring (bicyclic) bond motifs is 1. The molecule has 2 N–H and O–H groups in total. The van der Waals surface area contributed by atoms with E-state index < -0.39 is 11.8 Å². The van der Waals surface area contributed by atoms with Gasteiger partial charge in [-0.3, -0.25) is 14.9 Å². The molecule has 18 heavy (non-hydrogen) atoms. The maximum atomic E-state index is 11.7. The summed E-state index contributed by atoms with van der Waals surface area (Å²) in [5.74, 6) is -0.809. The third-order valence-corrected chi connectivity index (χ3v) is 2.99. The van der Waals surface area contributed by atoms with Gasteiger partial charge in [0, 0.05) is 23.2 Å². The van der Waals surface area contributed by atoms with Crippen molar-refractivity contribution in [1.82, 2.24) is 9.88 Å². The number of para-hydroxylation sites is 1. The molecule has 0 unspecified atom stereocenters. The van der Waals surface area contributed by atoms with E-state index in [1.165, 1.54) is 6.08 Å². The molecule has 5 heteroatoms. The van der Waals surface area contributed by atoms with Crippen LogP contribution < -0.4 is 5.32 Å². The summed E-state index contributed by atoms with van der Waals surface area (Å²) < 4.78 is 1.63. The maximum absolute atomic E-state index is 11.7. The van der Waals surface area contributed by atoms with Crippen LogP contribution in [0.1, 0.15) is 5.56 Å². The van der Waals surface area contributed by atoms with Gasteiger partial charge in [0.15, 0.2) is 0 Å². The van der Waals surface area contributed by atoms with Crippen LogP contribution in [0.25, 0.3) is 16.5 Å². The average molecular weight is 242 g/mol. The van der Waals surface area contributed by atoms with Gasteiger partial charge in [-0.2, -0.15) is 0 Å². The third kappa shape index (κ3) is 1.45. The van der Waals surface area contributed by atoms with Crippen LogP contribution in [-0.4, -0.2) is 21.5 Å². The van der Waals surface area contributed by atoms with E-state index in [2.05, 4.69) is 5.32 Å². The van der Waals surface area contributed by atoms with Crippen molar-refractivity contribution in [3.63, 3.8) is 0 Å². The van der Waals surface area contributed by atoms with Gasteiger partial charge in [0.25, 0.3) is 11.8 Å². The highest BCUT2D eigenvalue weighted by Gasteiger charge is 2.24. The van der Waals surface area contributed by atoms with E-state index in [1.807, 2.05) is 24.3 Å². The fourth-order valence-corrected chi connectivity index (χ4v) is 2.19. The monoisotopic (exact) mass is 242 g/mol. The van der Waals surface area contributed by atoms with Crippen molar-refractivity contribution in [3.05, 3.63) is 42.1 Å². The summed E-state index contributed by atoms with van der Waals surface area (Å²) >= 11 is 0. The van der Waals surface area contributed by atoms with Crippen molar-refractivity contribution in [1.29, 1.82) is 0 Å². The summed E-state index contributed by atoms with van der Waals surface area (Å²) in [6, 6.07) is 7.41. The molecule has 3 rings (SSSR count). The van der Waals surface area contributed by atoms with Crippen LogP contribution in [0.4, 0.5) is 0 Å². The van der Waals surface area contributed by atoms with Gasteiger partial charge in [0.2, 0.25) is 0 Å². The van der Waals surface area contributed by atoms with E-state index in [0.717, 1.165) is 10.9 Å². The van der Waals surface area contributed by atoms with Gasteiger partial charge in [-0.1, -0.05) is 18.2 Å². The van der Waals surface area contributed by atoms with Gasteiger partial charge < -0.3 is 9.67 Å². The van der Waals surface area contributed by atoms with Crippen LogP contribution in [0.15, 0.2) is 36.5 Å². The lowest BCUT2D eigenvalue weighted by Crippen LogP contribution is -2.21. The highest BCUT2D eigenvalue weighted by Crippen LogP contribution is 2.28. The predicted octanol–water partition coefficient (Wildman–Crippen LogP) is 0.631. The first kappa shape index (κ1) is 10.7. The first-order valence-corrected chi connectivity index (χ1v) is 5.47. The van der Waals surface area contributed by atoms with E-state index in [-0.39, 0.29) is 6.73 Å². The molecule has 0 saturated heterocycles. The van der Waals surface area contributed by atoms with Crippen molar-refractivity contribution < 1.29 is 14.7 Å². The number of aliphatic hydroxyl groups is 1.